The van der Waals surface area contributed by atoms with Crippen LogP contribution in [0, 0.1) is 0 Å². The third kappa shape index (κ3) is 9.23. The van der Waals surface area contributed by atoms with Gasteiger partial charge in [0.25, 0.3) is 0 Å². The van der Waals surface area contributed by atoms with Gasteiger partial charge < -0.3 is 11.5 Å². The van der Waals surface area contributed by atoms with Gasteiger partial charge >= 0.3 is 0 Å². The van der Waals surface area contributed by atoms with E-state index in [1.54, 1.807) is 0 Å². The van der Waals surface area contributed by atoms with Crippen LogP contribution in [-0.2, 0) is 0 Å². The zero-order valence-electron chi connectivity index (χ0n) is 26.9. The molecule has 0 fully saturated rings. The molecule has 0 heterocycles. The van der Waals surface area contributed by atoms with Crippen LogP contribution in [0.4, 0.5) is 11.4 Å². The van der Waals surface area contributed by atoms with Crippen LogP contribution < -0.4 is 11.5 Å². The van der Waals surface area contributed by atoms with Crippen LogP contribution >= 0.6 is 0 Å². The largest absolute Gasteiger partial charge is 0.399 e. The number of nitrogens with two attached hydrogens (primary N) is 2. The molecule has 0 aliphatic carbocycles. The van der Waals surface area contributed by atoms with Crippen molar-refractivity contribution >= 4 is 11.4 Å². The maximum atomic E-state index is 5.97. The van der Waals surface area contributed by atoms with Gasteiger partial charge in [-0.25, -0.2) is 0 Å². The zero-order valence-corrected chi connectivity index (χ0v) is 26.9. The highest BCUT2D eigenvalue weighted by molar-refractivity contribution is 5.45. The van der Waals surface area contributed by atoms with Gasteiger partial charge in [0.15, 0.2) is 0 Å². The van der Waals surface area contributed by atoms with E-state index in [0.29, 0.717) is 17.8 Å². The Balaban J connectivity index is 1.52. The Morgan fingerprint density at radius 3 is 0.977 bits per heavy atom. The van der Waals surface area contributed by atoms with E-state index in [4.69, 9.17) is 11.5 Å². The molecule has 0 bridgehead atoms. The molecular formula is C41H54N2. The molecule has 2 heteroatoms. The van der Waals surface area contributed by atoms with Gasteiger partial charge in [-0.3, -0.25) is 0 Å². The number of unbranched alkanes of at least 4 members (excludes halogenated alkanes) is 7. The predicted octanol–water partition coefficient (Wildman–Crippen LogP) is 11.6. The van der Waals surface area contributed by atoms with Gasteiger partial charge in [0.1, 0.15) is 0 Å². The molecule has 0 aliphatic heterocycles. The summed E-state index contributed by atoms with van der Waals surface area (Å²) < 4.78 is 0. The van der Waals surface area contributed by atoms with Gasteiger partial charge in [-0.1, -0.05) is 145 Å². The molecule has 4 N–H and O–H groups in total. The lowest BCUT2D eigenvalue weighted by Gasteiger charge is -2.22. The van der Waals surface area contributed by atoms with Crippen LogP contribution in [0.25, 0.3) is 0 Å². The summed E-state index contributed by atoms with van der Waals surface area (Å²) in [4.78, 5) is 0. The summed E-state index contributed by atoms with van der Waals surface area (Å²) in [7, 11) is 0. The molecule has 0 spiro atoms. The summed E-state index contributed by atoms with van der Waals surface area (Å²) in [6.45, 7) is 6.84. The fourth-order valence-corrected chi connectivity index (χ4v) is 6.71. The molecule has 43 heavy (non-hydrogen) atoms. The molecule has 4 aromatic carbocycles. The Morgan fingerprint density at radius 1 is 0.372 bits per heavy atom. The number of benzene rings is 4. The van der Waals surface area contributed by atoms with Crippen molar-refractivity contribution in [3.8, 4) is 0 Å². The fraction of sp³-hybridized carbons (Fsp3) is 0.415. The summed E-state index contributed by atoms with van der Waals surface area (Å²) in [6.07, 6.45) is 14.1. The van der Waals surface area contributed by atoms with Crippen molar-refractivity contribution in [1.82, 2.24) is 0 Å². The average molecular weight is 575 g/mol. The van der Waals surface area contributed by atoms with Crippen LogP contribution in [0.5, 0.6) is 0 Å². The summed E-state index contributed by atoms with van der Waals surface area (Å²) in [5.74, 6) is 1.19. The topological polar surface area (TPSA) is 52.0 Å². The number of nitrogen functional groups attached to an aromatic ring is 2. The van der Waals surface area contributed by atoms with Crippen LogP contribution in [0.3, 0.4) is 0 Å². The molecular weight excluding hydrogens is 520 g/mol. The maximum absolute atomic E-state index is 5.97. The highest BCUT2D eigenvalue weighted by Crippen LogP contribution is 2.35. The molecule has 228 valence electrons. The van der Waals surface area contributed by atoms with Gasteiger partial charge in [-0.15, -0.1) is 0 Å². The minimum absolute atomic E-state index is 0.388. The Hall–Kier alpha value is -3.52. The lowest BCUT2D eigenvalue weighted by atomic mass is 9.82. The highest BCUT2D eigenvalue weighted by atomic mass is 14.5. The van der Waals surface area contributed by atoms with Gasteiger partial charge in [0.05, 0.1) is 0 Å². The van der Waals surface area contributed by atoms with Crippen LogP contribution in [0.2, 0.25) is 0 Å². The van der Waals surface area contributed by atoms with Crippen LogP contribution in [0.15, 0.2) is 97.1 Å². The van der Waals surface area contributed by atoms with Crippen molar-refractivity contribution in [2.75, 3.05) is 11.5 Å². The van der Waals surface area contributed by atoms with Gasteiger partial charge in [-0.05, 0) is 76.9 Å². The van der Waals surface area contributed by atoms with E-state index in [-0.39, 0.29) is 0 Å². The molecule has 0 saturated carbocycles. The average Bonchev–Trinajstić information content (AvgIpc) is 3.04. The predicted molar refractivity (Wildman–Crippen MR) is 188 cm³/mol. The van der Waals surface area contributed by atoms with E-state index in [9.17, 15) is 0 Å². The summed E-state index contributed by atoms with van der Waals surface area (Å²) in [6, 6.07) is 35.8. The maximum Gasteiger partial charge on any atom is 0.0314 e. The van der Waals surface area contributed by atoms with Gasteiger partial charge in [-0.2, -0.15) is 0 Å². The SMILES string of the molecule is CCCCCCCCCCC(c1ccc(C(CC)c2ccc(N)cc2)cc1)c1ccc(C(CC)c2ccc(N)cc2)cc1. The Labute approximate surface area is 261 Å². The van der Waals surface area contributed by atoms with Crippen LogP contribution in [0.1, 0.15) is 143 Å². The standard InChI is InChI=1S/C41H54N2/c1-4-7-8-9-10-11-12-13-14-41(35-19-15-31(16-20-35)39(5-2)33-23-27-37(42)28-24-33)36-21-17-32(18-22-36)40(6-3)34-25-29-38(43)30-26-34/h15-30,39-41H,4-14,42-43H2,1-3H3. The Morgan fingerprint density at radius 2 is 0.651 bits per heavy atom. The monoisotopic (exact) mass is 574 g/mol. The van der Waals surface area contributed by atoms with E-state index in [2.05, 4.69) is 93.6 Å². The Bertz CT molecular complexity index is 1220. The third-order valence-corrected chi connectivity index (χ3v) is 9.32. The molecule has 2 unspecified atom stereocenters. The van der Waals surface area contributed by atoms with Crippen molar-refractivity contribution in [3.63, 3.8) is 0 Å². The van der Waals surface area contributed by atoms with E-state index in [1.807, 2.05) is 24.3 Å². The second kappa shape index (κ2) is 16.9. The first-order chi connectivity index (χ1) is 21.0. The molecule has 0 aliphatic rings. The molecule has 0 radical (unpaired) electrons. The van der Waals surface area contributed by atoms with Crippen molar-refractivity contribution in [2.45, 2.75) is 109 Å². The fourth-order valence-electron chi connectivity index (χ4n) is 6.71. The summed E-state index contributed by atoms with van der Waals surface area (Å²) in [5.41, 5.74) is 21.9. The number of hydrogen-bond donors (Lipinski definition) is 2. The van der Waals surface area contributed by atoms with Crippen molar-refractivity contribution < 1.29 is 0 Å². The van der Waals surface area contributed by atoms with Crippen molar-refractivity contribution in [2.24, 2.45) is 0 Å². The minimum atomic E-state index is 0.388. The van der Waals surface area contributed by atoms with E-state index >= 15 is 0 Å². The first-order valence-corrected chi connectivity index (χ1v) is 16.9. The zero-order chi connectivity index (χ0) is 30.4. The van der Waals surface area contributed by atoms with E-state index < -0.39 is 0 Å². The first kappa shape index (κ1) is 32.4. The number of anilines is 2. The second-order valence-corrected chi connectivity index (χ2v) is 12.4. The molecule has 0 amide bonds. The number of hydrogen-bond acceptors (Lipinski definition) is 2. The number of rotatable bonds is 17. The van der Waals surface area contributed by atoms with E-state index in [0.717, 1.165) is 24.2 Å². The van der Waals surface area contributed by atoms with E-state index in [1.165, 1.54) is 91.2 Å². The molecule has 0 aromatic heterocycles. The second-order valence-electron chi connectivity index (χ2n) is 12.4. The third-order valence-electron chi connectivity index (χ3n) is 9.32. The highest BCUT2D eigenvalue weighted by Gasteiger charge is 2.18. The van der Waals surface area contributed by atoms with Crippen molar-refractivity contribution in [1.29, 1.82) is 0 Å². The molecule has 2 atom stereocenters. The van der Waals surface area contributed by atoms with Gasteiger partial charge in [0.2, 0.25) is 0 Å². The van der Waals surface area contributed by atoms with Crippen molar-refractivity contribution in [3.05, 3.63) is 130 Å². The smallest absolute Gasteiger partial charge is 0.0314 e. The lowest BCUT2D eigenvalue weighted by molar-refractivity contribution is 0.551. The summed E-state index contributed by atoms with van der Waals surface area (Å²) >= 11 is 0. The first-order valence-electron chi connectivity index (χ1n) is 16.9. The summed E-state index contributed by atoms with van der Waals surface area (Å²) in [5, 5.41) is 0. The molecule has 4 rings (SSSR count). The molecule has 0 saturated heterocycles. The van der Waals surface area contributed by atoms with Crippen LogP contribution in [-0.4, -0.2) is 0 Å². The lowest BCUT2D eigenvalue weighted by Crippen LogP contribution is -2.05. The molecule has 2 nitrogen and oxygen atoms in total. The molecule has 4 aromatic rings. The Kier molecular flexibility index (Phi) is 12.8. The minimum Gasteiger partial charge on any atom is -0.399 e. The van der Waals surface area contributed by atoms with Gasteiger partial charge in [0, 0.05) is 29.1 Å². The normalized spacial score (nSPS) is 13.5. The quantitative estimate of drug-likeness (QED) is 0.0973.